The Morgan fingerprint density at radius 2 is 2.05 bits per heavy atom. The van der Waals surface area contributed by atoms with Gasteiger partial charge in [0.25, 0.3) is 0 Å². The largest absolute Gasteiger partial charge is 0.392 e. The Morgan fingerprint density at radius 1 is 1.32 bits per heavy atom. The molecule has 2 rings (SSSR count). The highest BCUT2D eigenvalue weighted by molar-refractivity contribution is 7.99. The molecular weight excluding hydrogens is 256 g/mol. The number of rotatable bonds is 5. The van der Waals surface area contributed by atoms with Gasteiger partial charge in [0.15, 0.2) is 0 Å². The predicted molar refractivity (Wildman–Crippen MR) is 81.5 cm³/mol. The molecule has 1 aromatic heterocycles. The number of aromatic nitrogens is 1. The van der Waals surface area contributed by atoms with Crippen LogP contribution >= 0.6 is 11.8 Å². The highest BCUT2D eigenvalue weighted by Crippen LogP contribution is 2.29. The zero-order chi connectivity index (χ0) is 13.8. The zero-order valence-electron chi connectivity index (χ0n) is 11.6. The Hall–Kier alpha value is -1.10. The third-order valence-electron chi connectivity index (χ3n) is 3.11. The first-order valence-electron chi connectivity index (χ1n) is 6.50. The van der Waals surface area contributed by atoms with Crippen molar-refractivity contribution in [2.45, 2.75) is 36.8 Å². The van der Waals surface area contributed by atoms with E-state index in [0.29, 0.717) is 0 Å². The van der Waals surface area contributed by atoms with E-state index in [2.05, 4.69) is 17.4 Å². The Kier molecular flexibility index (Phi) is 4.80. The third kappa shape index (κ3) is 3.47. The summed E-state index contributed by atoms with van der Waals surface area (Å²) in [6.45, 7) is 4.62. The van der Waals surface area contributed by atoms with E-state index < -0.39 is 0 Å². The van der Waals surface area contributed by atoms with Crippen molar-refractivity contribution in [2.75, 3.05) is 7.05 Å². The summed E-state index contributed by atoms with van der Waals surface area (Å²) in [4.78, 5) is 4.73. The van der Waals surface area contributed by atoms with Crippen molar-refractivity contribution in [3.63, 3.8) is 0 Å². The van der Waals surface area contributed by atoms with Gasteiger partial charge in [-0.2, -0.15) is 0 Å². The summed E-state index contributed by atoms with van der Waals surface area (Å²) in [7, 11) is 1.93. The molecule has 0 saturated carbocycles. The molecule has 2 unspecified atom stereocenters. The molecule has 1 aromatic carbocycles. The van der Waals surface area contributed by atoms with Crippen molar-refractivity contribution in [3.8, 4) is 0 Å². The molecule has 0 spiro atoms. The van der Waals surface area contributed by atoms with Gasteiger partial charge in [-0.1, -0.05) is 25.1 Å². The number of pyridine rings is 1. The van der Waals surface area contributed by atoms with Crippen LogP contribution < -0.4 is 5.32 Å². The van der Waals surface area contributed by atoms with Crippen LogP contribution in [0.15, 0.2) is 35.4 Å². The number of hydrogen-bond donors (Lipinski definition) is 2. The van der Waals surface area contributed by atoms with Gasteiger partial charge in [0.1, 0.15) is 5.03 Å². The summed E-state index contributed by atoms with van der Waals surface area (Å²) < 4.78 is 0. The summed E-state index contributed by atoms with van der Waals surface area (Å²) in [5.41, 5.74) is 2.18. The normalized spacial score (nSPS) is 14.5. The topological polar surface area (TPSA) is 45.2 Å². The number of hydrogen-bond acceptors (Lipinski definition) is 4. The van der Waals surface area contributed by atoms with Gasteiger partial charge >= 0.3 is 0 Å². The number of nitrogens with one attached hydrogen (secondary N) is 1. The van der Waals surface area contributed by atoms with E-state index in [0.717, 1.165) is 22.5 Å². The number of nitrogens with zero attached hydrogens (tertiary/aromatic N) is 1. The summed E-state index contributed by atoms with van der Waals surface area (Å²) >= 11 is 1.63. The third-order valence-corrected chi connectivity index (χ3v) is 4.45. The van der Waals surface area contributed by atoms with Gasteiger partial charge in [0.05, 0.1) is 11.6 Å². The van der Waals surface area contributed by atoms with Crippen LogP contribution in [0.25, 0.3) is 10.9 Å². The first kappa shape index (κ1) is 14.3. The van der Waals surface area contributed by atoms with Gasteiger partial charge in [0, 0.05) is 17.2 Å². The van der Waals surface area contributed by atoms with Gasteiger partial charge in [-0.15, -0.1) is 11.8 Å². The molecule has 0 aliphatic rings. The van der Waals surface area contributed by atoms with E-state index in [4.69, 9.17) is 4.98 Å². The minimum Gasteiger partial charge on any atom is -0.392 e. The fourth-order valence-corrected chi connectivity index (χ4v) is 2.82. The number of aliphatic hydroxyl groups is 1. The van der Waals surface area contributed by atoms with E-state index in [1.807, 2.05) is 39.1 Å². The van der Waals surface area contributed by atoms with Crippen LogP contribution in [-0.2, 0) is 6.54 Å². The summed E-state index contributed by atoms with van der Waals surface area (Å²) in [5.74, 6) is 0. The van der Waals surface area contributed by atoms with E-state index in [9.17, 15) is 5.11 Å². The molecule has 3 nitrogen and oxygen atoms in total. The van der Waals surface area contributed by atoms with Crippen LogP contribution in [0.4, 0.5) is 0 Å². The molecule has 102 valence electrons. The molecule has 0 bridgehead atoms. The molecule has 2 atom stereocenters. The van der Waals surface area contributed by atoms with Gasteiger partial charge in [-0.25, -0.2) is 4.98 Å². The fourth-order valence-electron chi connectivity index (χ4n) is 1.84. The van der Waals surface area contributed by atoms with Crippen molar-refractivity contribution >= 4 is 22.7 Å². The minimum absolute atomic E-state index is 0.129. The second kappa shape index (κ2) is 6.37. The smallest absolute Gasteiger partial charge is 0.102 e. The SMILES string of the molecule is CNCc1cc2ccccc2nc1SC(C)C(C)O. The number of fused-ring (bicyclic) bond motifs is 1. The molecule has 0 aliphatic carbocycles. The highest BCUT2D eigenvalue weighted by atomic mass is 32.2. The number of benzene rings is 1. The maximum Gasteiger partial charge on any atom is 0.102 e. The van der Waals surface area contributed by atoms with Crippen molar-refractivity contribution in [3.05, 3.63) is 35.9 Å². The highest BCUT2D eigenvalue weighted by Gasteiger charge is 2.14. The van der Waals surface area contributed by atoms with Crippen molar-refractivity contribution in [1.29, 1.82) is 0 Å². The first-order valence-corrected chi connectivity index (χ1v) is 7.37. The van der Waals surface area contributed by atoms with E-state index in [-0.39, 0.29) is 11.4 Å². The standard InChI is InChI=1S/C15H20N2OS/c1-10(18)11(2)19-15-13(9-16-3)8-12-6-4-5-7-14(12)17-15/h4-8,10-11,16,18H,9H2,1-3H3. The van der Waals surface area contributed by atoms with Gasteiger partial charge in [-0.05, 0) is 31.7 Å². The predicted octanol–water partition coefficient (Wildman–Crippen LogP) is 2.82. The molecule has 0 amide bonds. The average molecular weight is 276 g/mol. The summed E-state index contributed by atoms with van der Waals surface area (Å²) in [6, 6.07) is 10.3. The molecule has 19 heavy (non-hydrogen) atoms. The van der Waals surface area contributed by atoms with Crippen molar-refractivity contribution in [1.82, 2.24) is 10.3 Å². The van der Waals surface area contributed by atoms with Crippen molar-refractivity contribution < 1.29 is 5.11 Å². The van der Waals surface area contributed by atoms with Gasteiger partial charge < -0.3 is 10.4 Å². The zero-order valence-corrected chi connectivity index (χ0v) is 12.4. The van der Waals surface area contributed by atoms with Crippen LogP contribution in [0.1, 0.15) is 19.4 Å². The molecular formula is C15H20N2OS. The average Bonchev–Trinajstić information content (AvgIpc) is 2.39. The van der Waals surface area contributed by atoms with Crippen LogP contribution in [-0.4, -0.2) is 28.5 Å². The lowest BCUT2D eigenvalue weighted by Crippen LogP contribution is -2.16. The van der Waals surface area contributed by atoms with Crippen LogP contribution in [0.5, 0.6) is 0 Å². The van der Waals surface area contributed by atoms with E-state index >= 15 is 0 Å². The van der Waals surface area contributed by atoms with Crippen LogP contribution in [0, 0.1) is 0 Å². The van der Waals surface area contributed by atoms with Crippen LogP contribution in [0.2, 0.25) is 0 Å². The molecule has 0 saturated heterocycles. The molecule has 0 aliphatic heterocycles. The molecule has 1 heterocycles. The number of para-hydroxylation sites is 1. The number of thioether (sulfide) groups is 1. The maximum absolute atomic E-state index is 9.65. The second-order valence-corrected chi connectivity index (χ2v) is 6.11. The lowest BCUT2D eigenvalue weighted by atomic mass is 10.1. The Balaban J connectivity index is 2.41. The quantitative estimate of drug-likeness (QED) is 0.824. The Morgan fingerprint density at radius 3 is 2.74 bits per heavy atom. The molecule has 4 heteroatoms. The summed E-state index contributed by atoms with van der Waals surface area (Å²) in [5, 5.41) is 15.1. The molecule has 2 N–H and O–H groups in total. The monoisotopic (exact) mass is 276 g/mol. The lowest BCUT2D eigenvalue weighted by Gasteiger charge is -2.16. The Bertz CT molecular complexity index is 557. The second-order valence-electron chi connectivity index (χ2n) is 4.74. The summed E-state index contributed by atoms with van der Waals surface area (Å²) in [6.07, 6.45) is -0.347. The fraction of sp³-hybridized carbons (Fsp3) is 0.400. The van der Waals surface area contributed by atoms with Gasteiger partial charge in [-0.3, -0.25) is 0 Å². The number of aliphatic hydroxyl groups excluding tert-OH is 1. The Labute approximate surface area is 118 Å². The van der Waals surface area contributed by atoms with Crippen molar-refractivity contribution in [2.24, 2.45) is 0 Å². The van der Waals surface area contributed by atoms with E-state index in [1.54, 1.807) is 11.8 Å². The van der Waals surface area contributed by atoms with Crippen LogP contribution in [0.3, 0.4) is 0 Å². The minimum atomic E-state index is -0.347. The molecule has 2 aromatic rings. The molecule has 0 fully saturated rings. The maximum atomic E-state index is 9.65. The van der Waals surface area contributed by atoms with Gasteiger partial charge in [0.2, 0.25) is 0 Å². The first-order chi connectivity index (χ1) is 9.11. The molecule has 0 radical (unpaired) electrons. The lowest BCUT2D eigenvalue weighted by molar-refractivity contribution is 0.196. The van der Waals surface area contributed by atoms with E-state index in [1.165, 1.54) is 5.56 Å².